The van der Waals surface area contributed by atoms with Crippen molar-refractivity contribution in [3.05, 3.63) is 40.4 Å². The molecule has 0 N–H and O–H groups in total. The fraction of sp³-hybridized carbons (Fsp3) is 0.0909. The van der Waals surface area contributed by atoms with Crippen molar-refractivity contribution >= 4 is 34.7 Å². The summed E-state index contributed by atoms with van der Waals surface area (Å²) in [4.78, 5) is 4.04. The Morgan fingerprint density at radius 2 is 2.09 bits per heavy atom. The lowest BCUT2D eigenvalue weighted by atomic mass is 10.2. The van der Waals surface area contributed by atoms with Crippen LogP contribution in [-0.2, 0) is 6.18 Å². The predicted octanol–water partition coefficient (Wildman–Crippen LogP) is 3.94. The van der Waals surface area contributed by atoms with Crippen molar-refractivity contribution in [1.29, 1.82) is 0 Å². The first-order chi connectivity index (χ1) is 10.4. The quantitative estimate of drug-likeness (QED) is 0.705. The number of benzene rings is 1. The molecule has 0 unspecified atom stereocenters. The molecule has 0 spiro atoms. The van der Waals surface area contributed by atoms with E-state index < -0.39 is 11.7 Å². The van der Waals surface area contributed by atoms with Crippen LogP contribution < -0.4 is 0 Å². The number of hydrogen-bond donors (Lipinski definition) is 0. The van der Waals surface area contributed by atoms with E-state index in [0.717, 1.165) is 23.9 Å². The van der Waals surface area contributed by atoms with Crippen LogP contribution in [0.3, 0.4) is 0 Å². The van der Waals surface area contributed by atoms with Crippen molar-refractivity contribution in [2.75, 3.05) is 0 Å². The van der Waals surface area contributed by atoms with Gasteiger partial charge in [-0.2, -0.15) is 17.9 Å². The molecule has 0 atom stereocenters. The van der Waals surface area contributed by atoms with Crippen LogP contribution in [-0.4, -0.2) is 25.2 Å². The monoisotopic (exact) mass is 363 g/mol. The predicted molar refractivity (Wildman–Crippen MR) is 75.4 cm³/mol. The summed E-state index contributed by atoms with van der Waals surface area (Å²) in [5, 5.41) is 11.3. The number of thiazole rings is 1. The number of aromatic nitrogens is 5. The maximum atomic E-state index is 12.8. The second kappa shape index (κ2) is 5.86. The lowest BCUT2D eigenvalue weighted by Gasteiger charge is -2.08. The Hall–Kier alpha value is -1.65. The first-order valence-electron chi connectivity index (χ1n) is 5.69. The molecule has 0 amide bonds. The second-order valence-electron chi connectivity index (χ2n) is 3.95. The van der Waals surface area contributed by atoms with Gasteiger partial charge in [0.15, 0.2) is 4.34 Å². The summed E-state index contributed by atoms with van der Waals surface area (Å²) in [6.45, 7) is 0. The van der Waals surface area contributed by atoms with E-state index in [-0.39, 0.29) is 5.69 Å². The topological polar surface area (TPSA) is 56.5 Å². The lowest BCUT2D eigenvalue weighted by Crippen LogP contribution is -2.07. The van der Waals surface area contributed by atoms with E-state index in [0.29, 0.717) is 13.8 Å². The van der Waals surface area contributed by atoms with Crippen molar-refractivity contribution in [3.63, 3.8) is 0 Å². The summed E-state index contributed by atoms with van der Waals surface area (Å²) in [5.74, 6) is 0. The summed E-state index contributed by atoms with van der Waals surface area (Å²) in [7, 11) is 0. The number of nitrogens with zero attached hydrogens (tertiary/aromatic N) is 5. The van der Waals surface area contributed by atoms with Gasteiger partial charge in [-0.1, -0.05) is 29.0 Å². The molecule has 0 bridgehead atoms. The standard InChI is InChI=1S/C11H5ClF3N5S2/c12-8-5-16-10(21-8)22-9-17-18-19-20(9)7-3-1-2-6(4-7)11(13,14)15/h1-5H. The second-order valence-corrected chi connectivity index (χ2v) is 6.83. The summed E-state index contributed by atoms with van der Waals surface area (Å²) in [6.07, 6.45) is -2.95. The average Bonchev–Trinajstić information content (AvgIpc) is 3.08. The van der Waals surface area contributed by atoms with Gasteiger partial charge in [-0.15, -0.1) is 5.10 Å². The van der Waals surface area contributed by atoms with Gasteiger partial charge >= 0.3 is 6.18 Å². The van der Waals surface area contributed by atoms with Crippen LogP contribution in [0.4, 0.5) is 13.2 Å². The molecular formula is C11H5ClF3N5S2. The average molecular weight is 364 g/mol. The normalized spacial score (nSPS) is 11.8. The Kier molecular flexibility index (Phi) is 4.06. The number of halogens is 4. The molecule has 3 aromatic rings. The minimum atomic E-state index is -4.43. The minimum Gasteiger partial charge on any atom is -0.236 e. The van der Waals surface area contributed by atoms with E-state index in [1.165, 1.54) is 34.3 Å². The summed E-state index contributed by atoms with van der Waals surface area (Å²) in [5.41, 5.74) is -0.557. The van der Waals surface area contributed by atoms with Crippen molar-refractivity contribution in [3.8, 4) is 5.69 Å². The zero-order valence-corrected chi connectivity index (χ0v) is 12.8. The van der Waals surface area contributed by atoms with Gasteiger partial charge in [-0.05, 0) is 40.4 Å². The van der Waals surface area contributed by atoms with Crippen LogP contribution in [0.25, 0.3) is 5.69 Å². The number of rotatable bonds is 3. The molecule has 0 saturated carbocycles. The molecule has 11 heteroatoms. The SMILES string of the molecule is FC(F)(F)c1cccc(-n2nnnc2Sc2ncc(Cl)s2)c1. The molecule has 0 aliphatic rings. The Bertz CT molecular complexity index is 801. The van der Waals surface area contributed by atoms with E-state index in [9.17, 15) is 13.2 Å². The number of alkyl halides is 3. The fourth-order valence-corrected chi connectivity index (χ4v) is 3.59. The highest BCUT2D eigenvalue weighted by Crippen LogP contribution is 2.34. The van der Waals surface area contributed by atoms with Crippen LogP contribution in [0.1, 0.15) is 5.56 Å². The van der Waals surface area contributed by atoms with Gasteiger partial charge in [0.25, 0.3) is 0 Å². The molecular weight excluding hydrogens is 359 g/mol. The largest absolute Gasteiger partial charge is 0.416 e. The molecule has 3 rings (SSSR count). The van der Waals surface area contributed by atoms with Crippen molar-refractivity contribution in [1.82, 2.24) is 25.2 Å². The third kappa shape index (κ3) is 3.23. The lowest BCUT2D eigenvalue weighted by molar-refractivity contribution is -0.137. The summed E-state index contributed by atoms with van der Waals surface area (Å²) < 4.78 is 40.6. The third-order valence-electron chi connectivity index (χ3n) is 2.49. The maximum absolute atomic E-state index is 12.8. The summed E-state index contributed by atoms with van der Waals surface area (Å²) >= 11 is 8.13. The zero-order valence-electron chi connectivity index (χ0n) is 10.5. The van der Waals surface area contributed by atoms with Gasteiger partial charge in [0, 0.05) is 0 Å². The Balaban J connectivity index is 1.95. The van der Waals surface area contributed by atoms with Crippen LogP contribution in [0.5, 0.6) is 0 Å². The minimum absolute atomic E-state index is 0.213. The van der Waals surface area contributed by atoms with Gasteiger partial charge < -0.3 is 0 Å². The fourth-order valence-electron chi connectivity index (χ4n) is 1.58. The first kappa shape index (κ1) is 15.3. The van der Waals surface area contributed by atoms with Gasteiger partial charge in [-0.3, -0.25) is 0 Å². The molecule has 0 aliphatic carbocycles. The van der Waals surface area contributed by atoms with E-state index in [2.05, 4.69) is 20.5 Å². The van der Waals surface area contributed by atoms with Gasteiger partial charge in [0.05, 0.1) is 17.4 Å². The van der Waals surface area contributed by atoms with Crippen molar-refractivity contribution in [2.24, 2.45) is 0 Å². The highest BCUT2D eigenvalue weighted by Gasteiger charge is 2.30. The molecule has 0 radical (unpaired) electrons. The number of tetrazole rings is 1. The van der Waals surface area contributed by atoms with Gasteiger partial charge in [0.1, 0.15) is 4.34 Å². The molecule has 2 heterocycles. The smallest absolute Gasteiger partial charge is 0.236 e. The van der Waals surface area contributed by atoms with Crippen LogP contribution >= 0.6 is 34.7 Å². The van der Waals surface area contributed by atoms with Crippen LogP contribution in [0.15, 0.2) is 40.0 Å². The zero-order chi connectivity index (χ0) is 15.7. The van der Waals surface area contributed by atoms with Crippen LogP contribution in [0.2, 0.25) is 4.34 Å². The Morgan fingerprint density at radius 1 is 1.27 bits per heavy atom. The van der Waals surface area contributed by atoms with Crippen molar-refractivity contribution in [2.45, 2.75) is 15.7 Å². The maximum Gasteiger partial charge on any atom is 0.416 e. The van der Waals surface area contributed by atoms with E-state index in [4.69, 9.17) is 11.6 Å². The van der Waals surface area contributed by atoms with E-state index in [1.54, 1.807) is 0 Å². The first-order valence-corrected chi connectivity index (χ1v) is 7.70. The Labute approximate surface area is 135 Å². The van der Waals surface area contributed by atoms with Crippen LogP contribution in [0, 0.1) is 0 Å². The molecule has 0 aliphatic heterocycles. The number of hydrogen-bond acceptors (Lipinski definition) is 6. The van der Waals surface area contributed by atoms with Crippen molar-refractivity contribution < 1.29 is 13.2 Å². The molecule has 22 heavy (non-hydrogen) atoms. The van der Waals surface area contributed by atoms with Gasteiger partial charge in [0.2, 0.25) is 5.16 Å². The molecule has 1 aromatic carbocycles. The molecule has 0 saturated heterocycles. The summed E-state index contributed by atoms with van der Waals surface area (Å²) in [6, 6.07) is 4.76. The van der Waals surface area contributed by atoms with E-state index >= 15 is 0 Å². The molecule has 0 fully saturated rings. The third-order valence-corrected chi connectivity index (χ3v) is 4.62. The Morgan fingerprint density at radius 3 is 2.77 bits per heavy atom. The van der Waals surface area contributed by atoms with Gasteiger partial charge in [-0.25, -0.2) is 4.98 Å². The molecule has 114 valence electrons. The highest BCUT2D eigenvalue weighted by molar-refractivity contribution is 8.00. The highest BCUT2D eigenvalue weighted by atomic mass is 35.5. The molecule has 2 aromatic heterocycles. The molecule has 5 nitrogen and oxygen atoms in total. The van der Waals surface area contributed by atoms with E-state index in [1.807, 2.05) is 0 Å².